The molecule has 0 aliphatic heterocycles. The molecule has 0 spiro atoms. The van der Waals surface area contributed by atoms with Crippen molar-refractivity contribution in [3.8, 4) is 11.1 Å². The number of urea groups is 1. The highest BCUT2D eigenvalue weighted by molar-refractivity contribution is 5.96. The summed E-state index contributed by atoms with van der Waals surface area (Å²) < 4.78 is 0. The van der Waals surface area contributed by atoms with Crippen molar-refractivity contribution in [2.45, 2.75) is 39.2 Å². The van der Waals surface area contributed by atoms with Crippen LogP contribution in [0.15, 0.2) is 97.1 Å². The van der Waals surface area contributed by atoms with Crippen LogP contribution < -0.4 is 5.32 Å². The van der Waals surface area contributed by atoms with E-state index in [4.69, 9.17) is 0 Å². The number of nitrogens with one attached hydrogen (secondary N) is 1. The van der Waals surface area contributed by atoms with E-state index in [0.717, 1.165) is 33.0 Å². The Morgan fingerprint density at radius 1 is 0.738 bits per heavy atom. The lowest BCUT2D eigenvalue weighted by atomic mass is 9.96. The Morgan fingerprint density at radius 3 is 2.07 bits per heavy atom. The van der Waals surface area contributed by atoms with E-state index >= 15 is 0 Å². The summed E-state index contributed by atoms with van der Waals surface area (Å²) in [6.45, 7) is 4.18. The number of aryl methyl sites for hydroxylation is 1. The van der Waals surface area contributed by atoms with Gasteiger partial charge >= 0.3 is 18.0 Å². The topological polar surface area (TPSA) is 107 Å². The first-order valence-electron chi connectivity index (χ1n) is 14.3. The summed E-state index contributed by atoms with van der Waals surface area (Å²) in [5.74, 6) is -2.83. The zero-order chi connectivity index (χ0) is 30.1. The van der Waals surface area contributed by atoms with Crippen LogP contribution in [0.3, 0.4) is 0 Å². The fraction of sp³-hybridized carbons (Fsp3) is 0.286. The van der Waals surface area contributed by atoms with Crippen LogP contribution >= 0.6 is 0 Å². The highest BCUT2D eigenvalue weighted by Crippen LogP contribution is 2.29. The molecule has 0 aliphatic carbocycles. The molecular weight excluding hydrogens is 528 g/mol. The average Bonchev–Trinajstić information content (AvgIpc) is 2.98. The summed E-state index contributed by atoms with van der Waals surface area (Å²) in [5.41, 5.74) is 3.91. The second-order valence-corrected chi connectivity index (χ2v) is 11.1. The first-order chi connectivity index (χ1) is 20.2. The number of aliphatic carboxylic acids is 2. The highest BCUT2D eigenvalue weighted by Gasteiger charge is 2.28. The van der Waals surface area contributed by atoms with Crippen LogP contribution in [-0.2, 0) is 22.4 Å². The molecule has 4 rings (SSSR count). The zero-order valence-electron chi connectivity index (χ0n) is 24.1. The lowest BCUT2D eigenvalue weighted by Gasteiger charge is -2.29. The van der Waals surface area contributed by atoms with Gasteiger partial charge in [0.05, 0.1) is 5.92 Å². The third-order valence-corrected chi connectivity index (χ3v) is 7.38. The Bertz CT molecular complexity index is 1500. The van der Waals surface area contributed by atoms with Gasteiger partial charge in [0.2, 0.25) is 0 Å². The molecule has 4 aromatic carbocycles. The molecule has 7 nitrogen and oxygen atoms in total. The molecule has 2 amide bonds. The summed E-state index contributed by atoms with van der Waals surface area (Å²) in [7, 11) is 0. The summed E-state index contributed by atoms with van der Waals surface area (Å²) >= 11 is 0. The van der Waals surface area contributed by atoms with Gasteiger partial charge in [-0.15, -0.1) is 0 Å². The summed E-state index contributed by atoms with van der Waals surface area (Å²) in [6, 6.07) is 29.9. The number of fused-ring (bicyclic) bond motifs is 1. The van der Waals surface area contributed by atoms with Gasteiger partial charge in [-0.05, 0) is 51.8 Å². The zero-order valence-corrected chi connectivity index (χ0v) is 24.1. The molecule has 0 unspecified atom stereocenters. The molecule has 2 atom stereocenters. The molecule has 4 aromatic rings. The van der Waals surface area contributed by atoms with Crippen LogP contribution in [0.5, 0.6) is 0 Å². The number of amides is 2. The Balaban J connectivity index is 1.44. The maximum absolute atomic E-state index is 13.3. The Kier molecular flexibility index (Phi) is 10.3. The van der Waals surface area contributed by atoms with Gasteiger partial charge in [0.25, 0.3) is 0 Å². The molecule has 0 saturated carbocycles. The fourth-order valence-corrected chi connectivity index (χ4v) is 5.20. The molecule has 0 aromatic heterocycles. The van der Waals surface area contributed by atoms with Gasteiger partial charge in [0.1, 0.15) is 6.04 Å². The van der Waals surface area contributed by atoms with Gasteiger partial charge in [-0.2, -0.15) is 0 Å². The second kappa shape index (κ2) is 14.3. The smallest absolute Gasteiger partial charge is 0.326 e. The highest BCUT2D eigenvalue weighted by atomic mass is 16.4. The van der Waals surface area contributed by atoms with Crippen LogP contribution in [-0.4, -0.2) is 52.2 Å². The molecule has 0 bridgehead atoms. The molecule has 218 valence electrons. The van der Waals surface area contributed by atoms with E-state index in [1.807, 2.05) is 86.6 Å². The van der Waals surface area contributed by atoms with Crippen molar-refractivity contribution in [1.29, 1.82) is 0 Å². The van der Waals surface area contributed by atoms with E-state index in [9.17, 15) is 24.6 Å². The predicted molar refractivity (Wildman–Crippen MR) is 165 cm³/mol. The number of carboxylic acid groups (broad SMARTS) is 2. The molecule has 42 heavy (non-hydrogen) atoms. The predicted octanol–water partition coefficient (Wildman–Crippen LogP) is 6.50. The molecule has 3 N–H and O–H groups in total. The van der Waals surface area contributed by atoms with Crippen LogP contribution in [0.25, 0.3) is 21.9 Å². The van der Waals surface area contributed by atoms with Crippen molar-refractivity contribution in [1.82, 2.24) is 10.2 Å². The van der Waals surface area contributed by atoms with Crippen molar-refractivity contribution in [3.63, 3.8) is 0 Å². The molecule has 0 saturated heterocycles. The number of carboxylic acids is 2. The van der Waals surface area contributed by atoms with Crippen molar-refractivity contribution in [2.24, 2.45) is 11.8 Å². The first-order valence-corrected chi connectivity index (χ1v) is 14.3. The quantitative estimate of drug-likeness (QED) is 0.171. The van der Waals surface area contributed by atoms with Crippen LogP contribution in [0.2, 0.25) is 0 Å². The van der Waals surface area contributed by atoms with Gasteiger partial charge in [-0.1, -0.05) is 111 Å². The Hall–Kier alpha value is -4.65. The number of nitrogens with zero attached hydrogens (tertiary/aromatic N) is 1. The first kappa shape index (κ1) is 30.3. The van der Waals surface area contributed by atoms with Gasteiger partial charge in [-0.25, -0.2) is 9.59 Å². The SMILES string of the molecule is CC(C)CN(C[C@H](CCc1ccccc1)C(=O)O)C(=O)N[C@@H](Cc1ccc(-c2cccc3ccccc23)cc1)C(=O)O. The summed E-state index contributed by atoms with van der Waals surface area (Å²) in [4.78, 5) is 39.0. The fourth-order valence-electron chi connectivity index (χ4n) is 5.20. The Labute approximate surface area is 246 Å². The minimum Gasteiger partial charge on any atom is -0.481 e. The third kappa shape index (κ3) is 8.19. The second-order valence-electron chi connectivity index (χ2n) is 11.1. The lowest BCUT2D eigenvalue weighted by Crippen LogP contribution is -2.51. The molecule has 7 heteroatoms. The lowest BCUT2D eigenvalue weighted by molar-refractivity contribution is -0.142. The van der Waals surface area contributed by atoms with E-state index in [0.29, 0.717) is 19.4 Å². The van der Waals surface area contributed by atoms with Gasteiger partial charge < -0.3 is 20.4 Å². The average molecular weight is 567 g/mol. The monoisotopic (exact) mass is 566 g/mol. The summed E-state index contributed by atoms with van der Waals surface area (Å²) in [5, 5.41) is 24.8. The van der Waals surface area contributed by atoms with Gasteiger partial charge in [0.15, 0.2) is 0 Å². The summed E-state index contributed by atoms with van der Waals surface area (Å²) in [6.07, 6.45) is 1.04. The maximum Gasteiger partial charge on any atom is 0.326 e. The van der Waals surface area contributed by atoms with Crippen molar-refractivity contribution >= 4 is 28.7 Å². The van der Waals surface area contributed by atoms with Crippen LogP contribution in [0.4, 0.5) is 4.79 Å². The number of benzene rings is 4. The number of hydrogen-bond donors (Lipinski definition) is 3. The van der Waals surface area contributed by atoms with Gasteiger partial charge in [0, 0.05) is 19.5 Å². The molecule has 0 aliphatic rings. The van der Waals surface area contributed by atoms with E-state index in [2.05, 4.69) is 29.6 Å². The van der Waals surface area contributed by atoms with E-state index < -0.39 is 29.9 Å². The minimum absolute atomic E-state index is 0.00174. The van der Waals surface area contributed by atoms with Crippen molar-refractivity contribution in [2.75, 3.05) is 13.1 Å². The standard InChI is InChI=1S/C35H38N2O5/c1-24(2)22-37(23-29(33(38)39)20-15-25-9-4-3-5-10-25)35(42)36-32(34(40)41)21-26-16-18-28(19-17-26)31-14-8-12-27-11-6-7-13-30(27)31/h3-14,16-19,24,29,32H,15,20-23H2,1-2H3,(H,36,42)(H,38,39)(H,40,41)/t29-,32-/m0/s1. The molecule has 0 fully saturated rings. The molecular formula is C35H38N2O5. The molecule has 0 radical (unpaired) electrons. The molecule has 0 heterocycles. The van der Waals surface area contributed by atoms with E-state index in [1.165, 1.54) is 4.90 Å². The normalized spacial score (nSPS) is 12.5. The van der Waals surface area contributed by atoms with E-state index in [1.54, 1.807) is 0 Å². The largest absolute Gasteiger partial charge is 0.481 e. The van der Waals surface area contributed by atoms with Crippen molar-refractivity contribution in [3.05, 3.63) is 108 Å². The van der Waals surface area contributed by atoms with Gasteiger partial charge in [-0.3, -0.25) is 4.79 Å². The number of rotatable bonds is 13. The van der Waals surface area contributed by atoms with Crippen molar-refractivity contribution < 1.29 is 24.6 Å². The van der Waals surface area contributed by atoms with E-state index in [-0.39, 0.29) is 18.9 Å². The van der Waals surface area contributed by atoms with Crippen LogP contribution in [0, 0.1) is 11.8 Å². The maximum atomic E-state index is 13.3. The Morgan fingerprint density at radius 2 is 1.40 bits per heavy atom. The minimum atomic E-state index is -1.16. The van der Waals surface area contributed by atoms with Crippen LogP contribution in [0.1, 0.15) is 31.4 Å². The third-order valence-electron chi connectivity index (χ3n) is 7.38. The number of carbonyl (C=O) groups is 3. The number of carbonyl (C=O) groups excluding carboxylic acids is 1. The number of hydrogen-bond acceptors (Lipinski definition) is 3.